The predicted molar refractivity (Wildman–Crippen MR) is 59.9 cm³/mol. The molecule has 1 unspecified atom stereocenters. The quantitative estimate of drug-likeness (QED) is 0.663. The summed E-state index contributed by atoms with van der Waals surface area (Å²) < 4.78 is 20.7. The van der Waals surface area contributed by atoms with Crippen LogP contribution in [0.15, 0.2) is 4.40 Å². The van der Waals surface area contributed by atoms with E-state index in [4.69, 9.17) is 4.74 Å². The monoisotopic (exact) mass is 217 g/mol. The number of hydrogen-bond acceptors (Lipinski definition) is 2. The highest BCUT2D eigenvalue weighted by Gasteiger charge is 2.19. The van der Waals surface area contributed by atoms with E-state index in [1.807, 2.05) is 20.8 Å². The van der Waals surface area contributed by atoms with Crippen LogP contribution < -0.4 is 0 Å². The lowest BCUT2D eigenvalue weighted by Gasteiger charge is -2.19. The van der Waals surface area contributed by atoms with Crippen LogP contribution in [0.3, 0.4) is 0 Å². The third kappa shape index (κ3) is 3.88. The van der Waals surface area contributed by atoms with Gasteiger partial charge in [0.2, 0.25) is 0 Å². The summed E-state index contributed by atoms with van der Waals surface area (Å²) in [5.41, 5.74) is 0. The summed E-state index contributed by atoms with van der Waals surface area (Å²) in [6.07, 6.45) is 3.99. The van der Waals surface area contributed by atoms with Crippen LogP contribution in [0.25, 0.3) is 0 Å². The van der Waals surface area contributed by atoms with Crippen molar-refractivity contribution < 1.29 is 8.95 Å². The fourth-order valence-corrected chi connectivity index (χ4v) is 1.78. The van der Waals surface area contributed by atoms with Gasteiger partial charge in [-0.3, -0.25) is 0 Å². The third-order valence-electron chi connectivity index (χ3n) is 2.09. The maximum absolute atomic E-state index is 11.6. The number of ether oxygens (including phenoxy) is 1. The summed E-state index contributed by atoms with van der Waals surface area (Å²) in [6.45, 7) is 7.37. The lowest BCUT2D eigenvalue weighted by atomic mass is 10.0. The Balaban J connectivity index is 2.42. The van der Waals surface area contributed by atoms with Crippen molar-refractivity contribution in [3.05, 3.63) is 0 Å². The zero-order chi connectivity index (χ0) is 10.6. The van der Waals surface area contributed by atoms with E-state index in [9.17, 15) is 4.21 Å². The van der Waals surface area contributed by atoms with E-state index < -0.39 is 11.0 Å². The van der Waals surface area contributed by atoms with E-state index in [1.54, 1.807) is 6.21 Å². The average Bonchev–Trinajstić information content (AvgIpc) is 2.14. The van der Waals surface area contributed by atoms with Crippen molar-refractivity contribution in [1.29, 1.82) is 0 Å². The van der Waals surface area contributed by atoms with Crippen LogP contribution in [-0.4, -0.2) is 28.4 Å². The smallest absolute Gasteiger partial charge is 0.144 e. The highest BCUT2D eigenvalue weighted by molar-refractivity contribution is 7.85. The Morgan fingerprint density at radius 1 is 1.50 bits per heavy atom. The van der Waals surface area contributed by atoms with E-state index in [1.165, 1.54) is 0 Å². The number of hydrogen-bond donors (Lipinski definition) is 0. The van der Waals surface area contributed by atoms with Gasteiger partial charge >= 0.3 is 0 Å². The fraction of sp³-hybridized carbons (Fsp3) is 0.900. The first-order valence-electron chi connectivity index (χ1n) is 5.04. The van der Waals surface area contributed by atoms with Crippen molar-refractivity contribution in [2.24, 2.45) is 10.3 Å². The van der Waals surface area contributed by atoms with Crippen molar-refractivity contribution in [2.45, 2.75) is 38.4 Å². The van der Waals surface area contributed by atoms with Gasteiger partial charge in [0.15, 0.2) is 0 Å². The zero-order valence-electron chi connectivity index (χ0n) is 9.16. The topological polar surface area (TPSA) is 38.7 Å². The van der Waals surface area contributed by atoms with Crippen LogP contribution in [0.4, 0.5) is 0 Å². The van der Waals surface area contributed by atoms with Crippen molar-refractivity contribution in [3.8, 4) is 0 Å². The van der Waals surface area contributed by atoms with E-state index in [-0.39, 0.29) is 4.75 Å². The summed E-state index contributed by atoms with van der Waals surface area (Å²) in [7, 11) is -1.13. The first-order chi connectivity index (χ1) is 6.50. The highest BCUT2D eigenvalue weighted by Crippen LogP contribution is 2.15. The molecule has 1 aliphatic heterocycles. The molecule has 0 bridgehead atoms. The Morgan fingerprint density at radius 3 is 2.71 bits per heavy atom. The van der Waals surface area contributed by atoms with Crippen LogP contribution in [0.1, 0.15) is 33.6 Å². The van der Waals surface area contributed by atoms with Gasteiger partial charge in [-0.25, -0.2) is 4.21 Å². The molecular formula is C10H19NO2S. The van der Waals surface area contributed by atoms with Crippen molar-refractivity contribution in [3.63, 3.8) is 0 Å². The largest absolute Gasteiger partial charge is 0.381 e. The van der Waals surface area contributed by atoms with Gasteiger partial charge in [0.25, 0.3) is 0 Å². The van der Waals surface area contributed by atoms with Gasteiger partial charge in [-0.15, -0.1) is 0 Å². The van der Waals surface area contributed by atoms with Gasteiger partial charge in [0, 0.05) is 18.7 Å². The molecule has 0 aliphatic carbocycles. The van der Waals surface area contributed by atoms with Crippen LogP contribution >= 0.6 is 0 Å². The van der Waals surface area contributed by atoms with Crippen molar-refractivity contribution in [1.82, 2.24) is 0 Å². The molecule has 1 saturated heterocycles. The summed E-state index contributed by atoms with van der Waals surface area (Å²) >= 11 is 0. The van der Waals surface area contributed by atoms with Crippen LogP contribution in [0.2, 0.25) is 0 Å². The first kappa shape index (κ1) is 11.9. The minimum Gasteiger partial charge on any atom is -0.381 e. The highest BCUT2D eigenvalue weighted by atomic mass is 32.2. The molecule has 1 heterocycles. The van der Waals surface area contributed by atoms with Gasteiger partial charge in [0.05, 0.1) is 11.4 Å². The predicted octanol–water partition coefficient (Wildman–Crippen LogP) is 1.95. The average molecular weight is 217 g/mol. The van der Waals surface area contributed by atoms with Gasteiger partial charge in [0.1, 0.15) is 11.0 Å². The van der Waals surface area contributed by atoms with E-state index >= 15 is 0 Å². The lowest BCUT2D eigenvalue weighted by molar-refractivity contribution is 0.0784. The van der Waals surface area contributed by atoms with Gasteiger partial charge in [-0.2, -0.15) is 4.40 Å². The fourth-order valence-electron chi connectivity index (χ4n) is 1.18. The van der Waals surface area contributed by atoms with E-state index in [0.717, 1.165) is 26.1 Å². The molecule has 0 amide bonds. The van der Waals surface area contributed by atoms with Crippen molar-refractivity contribution in [2.75, 3.05) is 13.2 Å². The molecule has 14 heavy (non-hydrogen) atoms. The summed E-state index contributed by atoms with van der Waals surface area (Å²) in [4.78, 5) is 0. The molecule has 0 spiro atoms. The van der Waals surface area contributed by atoms with Crippen molar-refractivity contribution >= 4 is 17.2 Å². The van der Waals surface area contributed by atoms with Gasteiger partial charge in [-0.1, -0.05) is 0 Å². The Kier molecular flexibility index (Phi) is 4.26. The standard InChI is InChI=1S/C10H19NO2S/c1-10(2,3)14(12)11-7-9-5-4-6-13-8-9/h7,9H,4-6,8H2,1-3H3/b11-7+/t9?,14-/m1/s1. The molecule has 1 aliphatic rings. The molecule has 4 heteroatoms. The number of rotatable bonds is 2. The molecule has 0 aromatic rings. The maximum atomic E-state index is 11.6. The molecule has 1 fully saturated rings. The molecule has 1 rings (SSSR count). The Hall–Kier alpha value is -0.220. The summed E-state index contributed by atoms with van der Waals surface area (Å²) in [6, 6.07) is 0. The number of nitrogens with zero attached hydrogens (tertiary/aromatic N) is 1. The SMILES string of the molecule is CC(C)(C)[S@@](=O)/N=C/C1CCCOC1. The minimum atomic E-state index is -1.13. The molecule has 0 aromatic heterocycles. The van der Waals surface area contributed by atoms with Crippen LogP contribution in [0, 0.1) is 5.92 Å². The Bertz CT molecular complexity index is 227. The second-order valence-corrected chi connectivity index (χ2v) is 6.53. The molecular weight excluding hydrogens is 198 g/mol. The van der Waals surface area contributed by atoms with E-state index in [2.05, 4.69) is 4.40 Å². The second-order valence-electron chi connectivity index (χ2n) is 4.59. The van der Waals surface area contributed by atoms with Gasteiger partial charge in [-0.05, 0) is 33.6 Å². The molecule has 0 aromatic carbocycles. The molecule has 2 atom stereocenters. The lowest BCUT2D eigenvalue weighted by Crippen LogP contribution is -2.22. The molecule has 0 radical (unpaired) electrons. The maximum Gasteiger partial charge on any atom is 0.144 e. The molecule has 3 nitrogen and oxygen atoms in total. The molecule has 0 N–H and O–H groups in total. The molecule has 0 saturated carbocycles. The van der Waals surface area contributed by atoms with Gasteiger partial charge < -0.3 is 4.74 Å². The van der Waals surface area contributed by atoms with E-state index in [0.29, 0.717) is 5.92 Å². The Labute approximate surface area is 88.5 Å². The third-order valence-corrected chi connectivity index (χ3v) is 3.45. The van der Waals surface area contributed by atoms with Crippen LogP contribution in [0.5, 0.6) is 0 Å². The molecule has 82 valence electrons. The summed E-state index contributed by atoms with van der Waals surface area (Å²) in [5, 5.41) is 0. The normalized spacial score (nSPS) is 26.6. The minimum absolute atomic E-state index is 0.258. The Morgan fingerprint density at radius 2 is 2.21 bits per heavy atom. The van der Waals surface area contributed by atoms with Crippen LogP contribution in [-0.2, 0) is 15.7 Å². The zero-order valence-corrected chi connectivity index (χ0v) is 9.97. The summed E-state index contributed by atoms with van der Waals surface area (Å²) in [5.74, 6) is 0.357. The first-order valence-corrected chi connectivity index (χ1v) is 6.15. The second kappa shape index (κ2) is 5.03.